The fraction of sp³-hybridized carbons (Fsp3) is 0.600. The topological polar surface area (TPSA) is 0 Å². The van der Waals surface area contributed by atoms with Gasteiger partial charge in [-0.3, -0.25) is 0 Å². The highest BCUT2D eigenvalue weighted by Crippen LogP contribution is 1.62. The van der Waals surface area contributed by atoms with E-state index in [2.05, 4.69) is 24.4 Å². The minimum atomic E-state index is 0.309. The molecule has 0 aromatic carbocycles. The lowest BCUT2D eigenvalue weighted by atomic mass is 10.6. The van der Waals surface area contributed by atoms with E-state index in [1.165, 1.54) is 0 Å². The van der Waals surface area contributed by atoms with E-state index in [0.29, 0.717) is 10.1 Å². The van der Waals surface area contributed by atoms with Crippen LogP contribution in [0.4, 0.5) is 0 Å². The van der Waals surface area contributed by atoms with Crippen LogP contribution in [0, 0.1) is 0 Å². The van der Waals surface area contributed by atoms with Crippen LogP contribution in [-0.4, -0.2) is 17.5 Å². The summed E-state index contributed by atoms with van der Waals surface area (Å²) in [4.78, 5) is 0. The summed E-state index contributed by atoms with van der Waals surface area (Å²) in [5, 5.41) is 2.21. The second-order valence-electron chi connectivity index (χ2n) is 1.27. The Hall–Kier alpha value is 0.0900. The Morgan fingerprint density at radius 2 is 2.33 bits per heavy atom. The van der Waals surface area contributed by atoms with Crippen molar-refractivity contribution in [2.24, 2.45) is 0 Å². The second kappa shape index (κ2) is 3.29. The van der Waals surface area contributed by atoms with Crippen molar-refractivity contribution >= 4 is 21.3 Å². The average Bonchev–Trinajstić information content (AvgIpc) is 1.35. The first-order chi connectivity index (χ1) is 2.77. The summed E-state index contributed by atoms with van der Waals surface area (Å²) >= 11 is 0. The Kier molecular flexibility index (Phi) is 3.34. The van der Waals surface area contributed by atoms with Crippen molar-refractivity contribution in [3.05, 3.63) is 0 Å². The van der Waals surface area contributed by atoms with Gasteiger partial charge in [0.15, 0.2) is 0 Å². The van der Waals surface area contributed by atoms with E-state index < -0.39 is 0 Å². The normalized spacial score (nSPS) is 15.0. The van der Waals surface area contributed by atoms with Crippen LogP contribution in [0.3, 0.4) is 0 Å². The van der Waals surface area contributed by atoms with Gasteiger partial charge >= 0.3 is 0 Å². The molecule has 0 bridgehead atoms. The summed E-state index contributed by atoms with van der Waals surface area (Å²) in [5.41, 5.74) is 0. The average molecular weight is 103 g/mol. The van der Waals surface area contributed by atoms with Crippen molar-refractivity contribution in [1.29, 1.82) is 0 Å². The third-order valence-electron chi connectivity index (χ3n) is 0.451. The molecular formula is C5H11S-. The fourth-order valence-electron chi connectivity index (χ4n) is 0.285. The van der Waals surface area contributed by atoms with E-state index in [1.54, 1.807) is 0 Å². The summed E-state index contributed by atoms with van der Waals surface area (Å²) < 4.78 is 0. The van der Waals surface area contributed by atoms with Crippen LogP contribution in [0.15, 0.2) is 0 Å². The van der Waals surface area contributed by atoms with Gasteiger partial charge in [-0.1, -0.05) is 13.3 Å². The van der Waals surface area contributed by atoms with Crippen molar-refractivity contribution in [1.82, 2.24) is 0 Å². The quantitative estimate of drug-likeness (QED) is 0.341. The van der Waals surface area contributed by atoms with Crippen LogP contribution in [0.2, 0.25) is 0 Å². The molecule has 38 valence electrons. The van der Waals surface area contributed by atoms with E-state index in [0.717, 1.165) is 6.42 Å². The minimum absolute atomic E-state index is 0.309. The van der Waals surface area contributed by atoms with Gasteiger partial charge in [0.2, 0.25) is 0 Å². The summed E-state index contributed by atoms with van der Waals surface area (Å²) in [7, 11) is 0.309. The van der Waals surface area contributed by atoms with Gasteiger partial charge < -0.3 is 10.1 Å². The zero-order valence-electron chi connectivity index (χ0n) is 4.40. The molecule has 0 aliphatic heterocycles. The third kappa shape index (κ3) is 4.09. The SMILES string of the molecule is C=[S-](C)=CCC. The van der Waals surface area contributed by atoms with Gasteiger partial charge in [-0.15, -0.1) is 6.26 Å². The lowest BCUT2D eigenvalue weighted by Crippen LogP contribution is -1.72. The van der Waals surface area contributed by atoms with Gasteiger partial charge in [-0.05, 0) is 0 Å². The Labute approximate surface area is 41.7 Å². The van der Waals surface area contributed by atoms with Crippen molar-refractivity contribution in [2.75, 3.05) is 6.26 Å². The molecule has 0 heterocycles. The molecule has 0 unspecified atom stereocenters. The highest BCUT2D eigenvalue weighted by Gasteiger charge is 1.45. The maximum absolute atomic E-state index is 3.80. The first kappa shape index (κ1) is 6.09. The number of hydrogen-bond donors (Lipinski definition) is 0. The van der Waals surface area contributed by atoms with Gasteiger partial charge in [0.05, 0.1) is 0 Å². The van der Waals surface area contributed by atoms with Crippen LogP contribution in [0.5, 0.6) is 0 Å². The Bertz CT molecular complexity index is 86.1. The zero-order chi connectivity index (χ0) is 4.99. The van der Waals surface area contributed by atoms with Gasteiger partial charge in [0, 0.05) is 0 Å². The smallest absolute Gasteiger partial charge is 0.0617 e. The van der Waals surface area contributed by atoms with Gasteiger partial charge in [-0.25, -0.2) is 11.2 Å². The van der Waals surface area contributed by atoms with Crippen molar-refractivity contribution in [3.63, 3.8) is 0 Å². The molecule has 0 aromatic heterocycles. The van der Waals surface area contributed by atoms with Crippen molar-refractivity contribution in [2.45, 2.75) is 13.3 Å². The molecule has 0 aliphatic rings. The molecular weight excluding hydrogens is 92.1 g/mol. The van der Waals surface area contributed by atoms with Crippen LogP contribution >= 0.6 is 0 Å². The molecule has 0 aliphatic carbocycles. The molecule has 6 heavy (non-hydrogen) atoms. The monoisotopic (exact) mass is 103 g/mol. The molecule has 0 N–H and O–H groups in total. The maximum Gasteiger partial charge on any atom is -0.0617 e. The molecule has 0 nitrogen and oxygen atoms in total. The molecule has 0 spiro atoms. The Morgan fingerprint density at radius 3 is 2.33 bits per heavy atom. The Morgan fingerprint density at radius 1 is 1.83 bits per heavy atom. The van der Waals surface area contributed by atoms with E-state index in [-0.39, 0.29) is 0 Å². The van der Waals surface area contributed by atoms with Gasteiger partial charge in [0.25, 0.3) is 0 Å². The number of hydrogen-bond acceptors (Lipinski definition) is 1. The first-order valence-corrected chi connectivity index (χ1v) is 3.91. The fourth-order valence-corrected chi connectivity index (χ4v) is 0.854. The summed E-state index contributed by atoms with van der Waals surface area (Å²) in [6.07, 6.45) is 3.27. The lowest BCUT2D eigenvalue weighted by Gasteiger charge is -1.90. The molecule has 0 rings (SSSR count). The summed E-state index contributed by atoms with van der Waals surface area (Å²) in [5.74, 6) is 3.80. The molecule has 1 heteroatoms. The highest BCUT2D eigenvalue weighted by atomic mass is 32.2. The second-order valence-corrected chi connectivity index (χ2v) is 2.98. The molecule has 0 saturated carbocycles. The maximum atomic E-state index is 3.80. The molecule has 0 aromatic rings. The summed E-state index contributed by atoms with van der Waals surface area (Å²) in [6, 6.07) is 0. The first-order valence-electron chi connectivity index (χ1n) is 2.05. The van der Waals surface area contributed by atoms with Gasteiger partial charge in [-0.2, -0.15) is 0 Å². The molecule has 0 amide bonds. The standard InChI is InChI=1S/C5H11S/c1-4-5-6(2)3/h5H,2,4H2,1,3H3/q-1. The van der Waals surface area contributed by atoms with E-state index >= 15 is 0 Å². The van der Waals surface area contributed by atoms with Crippen LogP contribution < -0.4 is 0 Å². The molecule has 0 fully saturated rings. The number of rotatable bonds is 1. The van der Waals surface area contributed by atoms with Crippen LogP contribution in [0.25, 0.3) is 0 Å². The zero-order valence-corrected chi connectivity index (χ0v) is 5.22. The van der Waals surface area contributed by atoms with Crippen molar-refractivity contribution < 1.29 is 0 Å². The van der Waals surface area contributed by atoms with Crippen molar-refractivity contribution in [3.8, 4) is 0 Å². The van der Waals surface area contributed by atoms with E-state index in [1.807, 2.05) is 0 Å². The molecule has 0 radical (unpaired) electrons. The summed E-state index contributed by atoms with van der Waals surface area (Å²) in [6.45, 7) is 2.13. The largest absolute Gasteiger partial charge is 0.485 e. The Balaban J connectivity index is 3.43. The third-order valence-corrected chi connectivity index (χ3v) is 1.35. The molecule has 0 saturated heterocycles. The minimum Gasteiger partial charge on any atom is -0.485 e. The lowest BCUT2D eigenvalue weighted by molar-refractivity contribution is 1.35. The van der Waals surface area contributed by atoms with E-state index in [4.69, 9.17) is 0 Å². The predicted molar refractivity (Wildman–Crippen MR) is 36.8 cm³/mol. The molecule has 0 atom stereocenters. The van der Waals surface area contributed by atoms with E-state index in [9.17, 15) is 0 Å². The predicted octanol–water partition coefficient (Wildman–Crippen LogP) is 0.879. The van der Waals surface area contributed by atoms with Gasteiger partial charge in [0.1, 0.15) is 0 Å². The highest BCUT2D eigenvalue weighted by molar-refractivity contribution is 7.92. The van der Waals surface area contributed by atoms with Crippen LogP contribution in [-0.2, 0) is 10.1 Å². The van der Waals surface area contributed by atoms with Crippen LogP contribution in [0.1, 0.15) is 13.3 Å².